The van der Waals surface area contributed by atoms with E-state index in [1.54, 1.807) is 11.9 Å². The van der Waals surface area contributed by atoms with Gasteiger partial charge in [-0.3, -0.25) is 10.1 Å². The van der Waals surface area contributed by atoms with Crippen LogP contribution < -0.4 is 9.64 Å². The number of nitro benzene ring substituents is 1. The zero-order chi connectivity index (χ0) is 16.1. The predicted molar refractivity (Wildman–Crippen MR) is 82.8 cm³/mol. The van der Waals surface area contributed by atoms with E-state index in [9.17, 15) is 14.5 Å². The van der Waals surface area contributed by atoms with E-state index in [-0.39, 0.29) is 5.69 Å². The van der Waals surface area contributed by atoms with Gasteiger partial charge in [0.1, 0.15) is 17.3 Å². The second kappa shape index (κ2) is 6.89. The molecule has 0 aliphatic heterocycles. The molecule has 0 saturated carbocycles. The first-order valence-electron chi connectivity index (χ1n) is 6.88. The van der Waals surface area contributed by atoms with Gasteiger partial charge in [0.25, 0.3) is 5.69 Å². The molecule has 0 bridgehead atoms. The first-order chi connectivity index (χ1) is 10.5. The third kappa shape index (κ3) is 3.72. The van der Waals surface area contributed by atoms with E-state index in [1.807, 2.05) is 31.2 Å². The molecule has 0 aromatic heterocycles. The van der Waals surface area contributed by atoms with Crippen molar-refractivity contribution in [3.05, 3.63) is 64.0 Å². The summed E-state index contributed by atoms with van der Waals surface area (Å²) in [5, 5.41) is 11.0. The van der Waals surface area contributed by atoms with Crippen LogP contribution in [0.3, 0.4) is 0 Å². The summed E-state index contributed by atoms with van der Waals surface area (Å²) >= 11 is 0. The lowest BCUT2D eigenvalue weighted by atomic mass is 10.2. The van der Waals surface area contributed by atoms with E-state index < -0.39 is 10.7 Å². The Bertz CT molecular complexity index is 659. The van der Waals surface area contributed by atoms with Gasteiger partial charge in [-0.1, -0.05) is 12.1 Å². The molecule has 0 amide bonds. The zero-order valence-corrected chi connectivity index (χ0v) is 12.5. The van der Waals surface area contributed by atoms with E-state index in [1.165, 1.54) is 12.1 Å². The van der Waals surface area contributed by atoms with Crippen LogP contribution in [0.2, 0.25) is 0 Å². The highest BCUT2D eigenvalue weighted by Gasteiger charge is 2.18. The highest BCUT2D eigenvalue weighted by atomic mass is 19.1. The number of hydrogen-bond acceptors (Lipinski definition) is 4. The summed E-state index contributed by atoms with van der Waals surface area (Å²) in [5.41, 5.74) is 1.11. The van der Waals surface area contributed by atoms with Crippen molar-refractivity contribution >= 4 is 11.4 Å². The second-order valence-corrected chi connectivity index (χ2v) is 4.82. The largest absolute Gasteiger partial charge is 0.494 e. The van der Waals surface area contributed by atoms with Crippen molar-refractivity contribution in [2.24, 2.45) is 0 Å². The standard InChI is InChI=1S/C16H17FN2O3/c1-3-22-14-7-4-12(5-8-14)11-18(2)15-9-6-13(17)10-16(15)19(20)21/h4-10H,3,11H2,1-2H3. The average Bonchev–Trinajstić information content (AvgIpc) is 2.49. The van der Waals surface area contributed by atoms with Crippen LogP contribution in [0.25, 0.3) is 0 Å². The Morgan fingerprint density at radius 3 is 2.50 bits per heavy atom. The van der Waals surface area contributed by atoms with Crippen LogP contribution in [0.4, 0.5) is 15.8 Å². The SMILES string of the molecule is CCOc1ccc(CN(C)c2ccc(F)cc2[N+](=O)[O-])cc1. The number of hydrogen-bond donors (Lipinski definition) is 0. The minimum absolute atomic E-state index is 0.242. The maximum absolute atomic E-state index is 13.2. The molecular weight excluding hydrogens is 287 g/mol. The summed E-state index contributed by atoms with van der Waals surface area (Å²) < 4.78 is 18.5. The molecule has 2 rings (SSSR count). The molecule has 5 nitrogen and oxygen atoms in total. The van der Waals surface area contributed by atoms with Crippen LogP contribution in [-0.2, 0) is 6.54 Å². The molecule has 2 aromatic rings. The van der Waals surface area contributed by atoms with Crippen LogP contribution in [0.1, 0.15) is 12.5 Å². The van der Waals surface area contributed by atoms with Crippen molar-refractivity contribution < 1.29 is 14.1 Å². The number of halogens is 1. The van der Waals surface area contributed by atoms with Crippen LogP contribution in [0.5, 0.6) is 5.75 Å². The third-order valence-electron chi connectivity index (χ3n) is 3.20. The third-order valence-corrected chi connectivity index (χ3v) is 3.20. The molecule has 0 N–H and O–H groups in total. The fraction of sp³-hybridized carbons (Fsp3) is 0.250. The van der Waals surface area contributed by atoms with Crippen molar-refractivity contribution in [2.75, 3.05) is 18.6 Å². The van der Waals surface area contributed by atoms with Crippen LogP contribution >= 0.6 is 0 Å². The lowest BCUT2D eigenvalue weighted by Crippen LogP contribution is -2.17. The molecule has 22 heavy (non-hydrogen) atoms. The summed E-state index contributed by atoms with van der Waals surface area (Å²) in [7, 11) is 1.73. The van der Waals surface area contributed by atoms with E-state index in [2.05, 4.69) is 0 Å². The normalized spacial score (nSPS) is 10.3. The summed E-state index contributed by atoms with van der Waals surface area (Å²) in [4.78, 5) is 12.2. The van der Waals surface area contributed by atoms with Gasteiger partial charge in [0.2, 0.25) is 0 Å². The smallest absolute Gasteiger partial charge is 0.295 e. The number of anilines is 1. The number of nitro groups is 1. The summed E-state index contributed by atoms with van der Waals surface area (Å²) in [6.07, 6.45) is 0. The zero-order valence-electron chi connectivity index (χ0n) is 12.5. The van der Waals surface area contributed by atoms with Gasteiger partial charge in [0.15, 0.2) is 0 Å². The van der Waals surface area contributed by atoms with Gasteiger partial charge in [-0.05, 0) is 36.8 Å². The van der Waals surface area contributed by atoms with Crippen molar-refractivity contribution in [3.8, 4) is 5.75 Å². The topological polar surface area (TPSA) is 55.6 Å². The van der Waals surface area contributed by atoms with Gasteiger partial charge in [-0.25, -0.2) is 4.39 Å². The highest BCUT2D eigenvalue weighted by Crippen LogP contribution is 2.29. The number of rotatable bonds is 6. The van der Waals surface area contributed by atoms with Crippen LogP contribution in [-0.4, -0.2) is 18.6 Å². The van der Waals surface area contributed by atoms with Gasteiger partial charge in [-0.15, -0.1) is 0 Å². The molecule has 0 unspecified atom stereocenters. The Kier molecular flexibility index (Phi) is 4.93. The fourth-order valence-electron chi connectivity index (χ4n) is 2.18. The molecule has 2 aromatic carbocycles. The lowest BCUT2D eigenvalue weighted by Gasteiger charge is -2.19. The van der Waals surface area contributed by atoms with Gasteiger partial charge in [-0.2, -0.15) is 0 Å². The van der Waals surface area contributed by atoms with E-state index in [0.29, 0.717) is 18.8 Å². The number of nitrogens with zero attached hydrogens (tertiary/aromatic N) is 2. The van der Waals surface area contributed by atoms with Crippen LogP contribution in [0.15, 0.2) is 42.5 Å². The Morgan fingerprint density at radius 1 is 1.23 bits per heavy atom. The number of benzene rings is 2. The lowest BCUT2D eigenvalue weighted by molar-refractivity contribution is -0.384. The average molecular weight is 304 g/mol. The Hall–Kier alpha value is -2.63. The summed E-state index contributed by atoms with van der Waals surface area (Å²) in [6, 6.07) is 11.1. The Morgan fingerprint density at radius 2 is 1.91 bits per heavy atom. The fourth-order valence-corrected chi connectivity index (χ4v) is 2.18. The van der Waals surface area contributed by atoms with Crippen molar-refractivity contribution in [1.29, 1.82) is 0 Å². The summed E-state index contributed by atoms with van der Waals surface area (Å²) in [5.74, 6) is 0.159. The molecule has 0 saturated heterocycles. The number of ether oxygens (including phenoxy) is 1. The van der Waals surface area contributed by atoms with E-state index in [0.717, 1.165) is 17.4 Å². The Balaban J connectivity index is 2.18. The van der Waals surface area contributed by atoms with Crippen molar-refractivity contribution in [2.45, 2.75) is 13.5 Å². The predicted octanol–water partition coefficient (Wildman–Crippen LogP) is 3.77. The molecule has 0 aliphatic rings. The molecular formula is C16H17FN2O3. The molecule has 0 radical (unpaired) electrons. The van der Waals surface area contributed by atoms with Gasteiger partial charge < -0.3 is 9.64 Å². The highest BCUT2D eigenvalue weighted by molar-refractivity contribution is 5.63. The van der Waals surface area contributed by atoms with Crippen molar-refractivity contribution in [1.82, 2.24) is 0 Å². The van der Waals surface area contributed by atoms with Gasteiger partial charge in [0, 0.05) is 13.6 Å². The van der Waals surface area contributed by atoms with Crippen molar-refractivity contribution in [3.63, 3.8) is 0 Å². The molecule has 0 fully saturated rings. The van der Waals surface area contributed by atoms with E-state index in [4.69, 9.17) is 4.74 Å². The quantitative estimate of drug-likeness (QED) is 0.602. The first kappa shape index (κ1) is 15.8. The first-order valence-corrected chi connectivity index (χ1v) is 6.88. The Labute approximate surface area is 128 Å². The molecule has 0 spiro atoms. The maximum Gasteiger partial charge on any atom is 0.295 e. The molecule has 6 heteroatoms. The molecule has 0 heterocycles. The monoisotopic (exact) mass is 304 g/mol. The van der Waals surface area contributed by atoms with Gasteiger partial charge in [0.05, 0.1) is 17.6 Å². The minimum Gasteiger partial charge on any atom is -0.494 e. The van der Waals surface area contributed by atoms with Gasteiger partial charge >= 0.3 is 0 Å². The molecule has 0 aliphatic carbocycles. The maximum atomic E-state index is 13.2. The second-order valence-electron chi connectivity index (χ2n) is 4.82. The van der Waals surface area contributed by atoms with E-state index >= 15 is 0 Å². The molecule has 0 atom stereocenters. The summed E-state index contributed by atoms with van der Waals surface area (Å²) in [6.45, 7) is 2.98. The molecule has 116 valence electrons. The van der Waals surface area contributed by atoms with Crippen LogP contribution in [0, 0.1) is 15.9 Å². The minimum atomic E-state index is -0.620.